The minimum Gasteiger partial charge on any atom is -0.363 e. The molecule has 1 fully saturated rings. The number of nitrogens with zero attached hydrogens (tertiary/aromatic N) is 2. The second-order valence-electron chi connectivity index (χ2n) is 4.09. The van der Waals surface area contributed by atoms with E-state index in [0.29, 0.717) is 11.1 Å². The third kappa shape index (κ3) is 3.09. The SMILES string of the molecule is Cc1ccc([N+](=O)[O-])c(NCC2CCCS2)n1. The van der Waals surface area contributed by atoms with E-state index in [0.717, 1.165) is 12.2 Å². The summed E-state index contributed by atoms with van der Waals surface area (Å²) in [5.41, 5.74) is 0.843. The van der Waals surface area contributed by atoms with Crippen LogP contribution in [-0.4, -0.2) is 27.5 Å². The van der Waals surface area contributed by atoms with Crippen molar-refractivity contribution in [3.8, 4) is 0 Å². The minimum atomic E-state index is -0.392. The molecule has 0 spiro atoms. The Morgan fingerprint density at radius 1 is 1.65 bits per heavy atom. The number of hydrogen-bond acceptors (Lipinski definition) is 5. The topological polar surface area (TPSA) is 68.1 Å². The highest BCUT2D eigenvalue weighted by molar-refractivity contribution is 8.00. The summed E-state index contributed by atoms with van der Waals surface area (Å²) in [6.45, 7) is 2.58. The molecule has 1 saturated heterocycles. The van der Waals surface area contributed by atoms with Crippen molar-refractivity contribution in [3.63, 3.8) is 0 Å². The van der Waals surface area contributed by atoms with Gasteiger partial charge < -0.3 is 5.32 Å². The smallest absolute Gasteiger partial charge is 0.311 e. The van der Waals surface area contributed by atoms with Crippen molar-refractivity contribution in [2.45, 2.75) is 25.0 Å². The number of anilines is 1. The van der Waals surface area contributed by atoms with Gasteiger partial charge in [0.1, 0.15) is 0 Å². The van der Waals surface area contributed by atoms with Crippen LogP contribution in [0.25, 0.3) is 0 Å². The van der Waals surface area contributed by atoms with Gasteiger partial charge in [0.15, 0.2) is 0 Å². The lowest BCUT2D eigenvalue weighted by Crippen LogP contribution is -2.15. The first kappa shape index (κ1) is 12.2. The summed E-state index contributed by atoms with van der Waals surface area (Å²) < 4.78 is 0. The third-order valence-corrected chi connectivity index (χ3v) is 4.13. The molecule has 1 unspecified atom stereocenters. The quantitative estimate of drug-likeness (QED) is 0.660. The number of nitrogens with one attached hydrogen (secondary N) is 1. The molecule has 1 aliphatic heterocycles. The molecule has 0 aromatic carbocycles. The Kier molecular flexibility index (Phi) is 3.83. The van der Waals surface area contributed by atoms with Crippen LogP contribution in [0, 0.1) is 17.0 Å². The molecule has 0 radical (unpaired) electrons. The van der Waals surface area contributed by atoms with Crippen LogP contribution < -0.4 is 5.32 Å². The molecule has 5 nitrogen and oxygen atoms in total. The fourth-order valence-electron chi connectivity index (χ4n) is 1.84. The Morgan fingerprint density at radius 2 is 2.47 bits per heavy atom. The Morgan fingerprint density at radius 3 is 3.12 bits per heavy atom. The van der Waals surface area contributed by atoms with Crippen molar-refractivity contribution in [1.29, 1.82) is 0 Å². The van der Waals surface area contributed by atoms with Gasteiger partial charge in [-0.15, -0.1) is 0 Å². The van der Waals surface area contributed by atoms with Crippen LogP contribution in [0.1, 0.15) is 18.5 Å². The fraction of sp³-hybridized carbons (Fsp3) is 0.545. The van der Waals surface area contributed by atoms with Crippen molar-refractivity contribution < 1.29 is 4.92 Å². The molecule has 1 N–H and O–H groups in total. The van der Waals surface area contributed by atoms with Gasteiger partial charge in [-0.05, 0) is 31.6 Å². The van der Waals surface area contributed by atoms with Gasteiger partial charge in [-0.1, -0.05) is 0 Å². The summed E-state index contributed by atoms with van der Waals surface area (Å²) >= 11 is 1.92. The van der Waals surface area contributed by atoms with Crippen molar-refractivity contribution in [2.75, 3.05) is 17.6 Å². The third-order valence-electron chi connectivity index (χ3n) is 2.73. The molecule has 1 aliphatic rings. The van der Waals surface area contributed by atoms with Gasteiger partial charge in [0, 0.05) is 23.6 Å². The van der Waals surface area contributed by atoms with E-state index in [1.54, 1.807) is 6.07 Å². The van der Waals surface area contributed by atoms with E-state index < -0.39 is 4.92 Å². The predicted molar refractivity (Wildman–Crippen MR) is 69.6 cm³/mol. The zero-order valence-corrected chi connectivity index (χ0v) is 10.5. The number of hydrogen-bond donors (Lipinski definition) is 1. The van der Waals surface area contributed by atoms with Crippen LogP contribution in [0.3, 0.4) is 0 Å². The van der Waals surface area contributed by atoms with Gasteiger partial charge in [0.05, 0.1) is 4.92 Å². The number of aromatic nitrogens is 1. The van der Waals surface area contributed by atoms with Gasteiger partial charge in [-0.25, -0.2) is 4.98 Å². The van der Waals surface area contributed by atoms with Crippen LogP contribution in [0.4, 0.5) is 11.5 Å². The lowest BCUT2D eigenvalue weighted by Gasteiger charge is -2.11. The maximum absolute atomic E-state index is 10.8. The number of rotatable bonds is 4. The molecule has 92 valence electrons. The van der Waals surface area contributed by atoms with Crippen LogP contribution >= 0.6 is 11.8 Å². The second kappa shape index (κ2) is 5.35. The monoisotopic (exact) mass is 253 g/mol. The highest BCUT2D eigenvalue weighted by Gasteiger charge is 2.19. The first-order valence-electron chi connectivity index (χ1n) is 5.64. The zero-order chi connectivity index (χ0) is 12.3. The van der Waals surface area contributed by atoms with Gasteiger partial charge in [-0.2, -0.15) is 11.8 Å². The molecule has 1 atom stereocenters. The Balaban J connectivity index is 2.07. The maximum Gasteiger partial charge on any atom is 0.311 e. The number of nitro groups is 1. The van der Waals surface area contributed by atoms with Crippen LogP contribution in [0.2, 0.25) is 0 Å². The van der Waals surface area contributed by atoms with Crippen LogP contribution in [0.15, 0.2) is 12.1 Å². The number of aryl methyl sites for hydroxylation is 1. The van der Waals surface area contributed by atoms with E-state index >= 15 is 0 Å². The minimum absolute atomic E-state index is 0.0543. The van der Waals surface area contributed by atoms with Crippen LogP contribution in [-0.2, 0) is 0 Å². The highest BCUT2D eigenvalue weighted by atomic mass is 32.2. The van der Waals surface area contributed by atoms with Gasteiger partial charge in [-0.3, -0.25) is 10.1 Å². The van der Waals surface area contributed by atoms with E-state index in [1.165, 1.54) is 24.7 Å². The van der Waals surface area contributed by atoms with Gasteiger partial charge in [0.2, 0.25) is 5.82 Å². The average molecular weight is 253 g/mol. The van der Waals surface area contributed by atoms with Crippen molar-refractivity contribution in [1.82, 2.24) is 4.98 Å². The van der Waals surface area contributed by atoms with E-state index in [1.807, 2.05) is 18.7 Å². The summed E-state index contributed by atoms with van der Waals surface area (Å²) in [6.07, 6.45) is 2.41. The Bertz CT molecular complexity index is 419. The Labute approximate surface area is 104 Å². The van der Waals surface area contributed by atoms with E-state index in [2.05, 4.69) is 10.3 Å². The lowest BCUT2D eigenvalue weighted by atomic mass is 10.2. The lowest BCUT2D eigenvalue weighted by molar-refractivity contribution is -0.384. The first-order chi connectivity index (χ1) is 8.16. The van der Waals surface area contributed by atoms with Crippen molar-refractivity contribution in [3.05, 3.63) is 27.9 Å². The largest absolute Gasteiger partial charge is 0.363 e. The molecule has 0 amide bonds. The van der Waals surface area contributed by atoms with E-state index in [4.69, 9.17) is 0 Å². The van der Waals surface area contributed by atoms with E-state index in [-0.39, 0.29) is 5.69 Å². The summed E-state index contributed by atoms with van der Waals surface area (Å²) in [6, 6.07) is 3.17. The molecule has 17 heavy (non-hydrogen) atoms. The molecular weight excluding hydrogens is 238 g/mol. The van der Waals surface area contributed by atoms with Crippen LogP contribution in [0.5, 0.6) is 0 Å². The van der Waals surface area contributed by atoms with Gasteiger partial charge >= 0.3 is 5.69 Å². The highest BCUT2D eigenvalue weighted by Crippen LogP contribution is 2.28. The molecule has 1 aromatic heterocycles. The summed E-state index contributed by atoms with van der Waals surface area (Å²) in [4.78, 5) is 14.7. The molecule has 2 rings (SSSR count). The molecule has 0 saturated carbocycles. The molecule has 0 aliphatic carbocycles. The predicted octanol–water partition coefficient (Wildman–Crippen LogP) is 2.61. The van der Waals surface area contributed by atoms with Crippen molar-refractivity contribution >= 4 is 23.3 Å². The summed E-state index contributed by atoms with van der Waals surface area (Å²) in [5, 5.41) is 14.5. The maximum atomic E-state index is 10.8. The molecule has 6 heteroatoms. The summed E-state index contributed by atoms with van der Waals surface area (Å²) in [5.74, 6) is 1.58. The Hall–Kier alpha value is -1.30. The summed E-state index contributed by atoms with van der Waals surface area (Å²) in [7, 11) is 0. The standard InChI is InChI=1S/C11H15N3O2S/c1-8-4-5-10(14(15)16)11(13-8)12-7-9-3-2-6-17-9/h4-5,9H,2-3,6-7H2,1H3,(H,12,13). The molecule has 0 bridgehead atoms. The van der Waals surface area contributed by atoms with Crippen molar-refractivity contribution in [2.24, 2.45) is 0 Å². The van der Waals surface area contributed by atoms with Gasteiger partial charge in [0.25, 0.3) is 0 Å². The first-order valence-corrected chi connectivity index (χ1v) is 6.69. The number of thioether (sulfide) groups is 1. The number of pyridine rings is 1. The second-order valence-corrected chi connectivity index (χ2v) is 5.50. The molecule has 2 heterocycles. The molecular formula is C11H15N3O2S. The normalized spacial score (nSPS) is 19.2. The molecule has 1 aromatic rings. The van der Waals surface area contributed by atoms with E-state index in [9.17, 15) is 10.1 Å². The average Bonchev–Trinajstić information content (AvgIpc) is 2.78. The zero-order valence-electron chi connectivity index (χ0n) is 9.68. The fourth-order valence-corrected chi connectivity index (χ4v) is 3.04.